The minimum Gasteiger partial charge on any atom is -0.489 e. The summed E-state index contributed by atoms with van der Waals surface area (Å²) in [6.07, 6.45) is 1.43. The summed E-state index contributed by atoms with van der Waals surface area (Å²) in [5.74, 6) is 0.543. The molecule has 8 heteroatoms. The van der Waals surface area contributed by atoms with E-state index in [-0.39, 0.29) is 5.91 Å². The lowest BCUT2D eigenvalue weighted by Crippen LogP contribution is -2.24. The molecule has 7 nitrogen and oxygen atoms in total. The molecule has 0 fully saturated rings. The number of benzene rings is 3. The fraction of sp³-hybridized carbons (Fsp3) is 0.0909. The molecule has 0 aliphatic heterocycles. The van der Waals surface area contributed by atoms with Gasteiger partial charge in [-0.1, -0.05) is 54.1 Å². The highest BCUT2D eigenvalue weighted by molar-refractivity contribution is 6.31. The molecular weight excluding hydrogens is 402 g/mol. The fourth-order valence-corrected chi connectivity index (χ4v) is 3.12. The molecule has 0 bridgehead atoms. The number of tetrazole rings is 1. The van der Waals surface area contributed by atoms with E-state index in [1.54, 1.807) is 18.2 Å². The zero-order valence-corrected chi connectivity index (χ0v) is 16.7. The highest BCUT2D eigenvalue weighted by Gasteiger charge is 2.14. The Hall–Kier alpha value is -3.71. The van der Waals surface area contributed by atoms with Gasteiger partial charge in [0.1, 0.15) is 18.7 Å². The Labute approximate surface area is 178 Å². The molecule has 1 amide bonds. The third-order valence-corrected chi connectivity index (χ3v) is 4.63. The Kier molecular flexibility index (Phi) is 6.01. The van der Waals surface area contributed by atoms with Crippen molar-refractivity contribution in [2.75, 3.05) is 0 Å². The van der Waals surface area contributed by atoms with Crippen LogP contribution in [0, 0.1) is 0 Å². The first-order chi connectivity index (χ1) is 14.7. The molecule has 3 aromatic carbocycles. The number of para-hydroxylation sites is 1. The average molecular weight is 420 g/mol. The monoisotopic (exact) mass is 419 g/mol. The van der Waals surface area contributed by atoms with Crippen LogP contribution >= 0.6 is 11.6 Å². The molecule has 0 unspecified atom stereocenters. The number of ether oxygens (including phenoxy) is 1. The number of hydrogen-bond acceptors (Lipinski definition) is 5. The van der Waals surface area contributed by atoms with Crippen LogP contribution in [0.4, 0.5) is 0 Å². The lowest BCUT2D eigenvalue weighted by molar-refractivity contribution is 0.0950. The van der Waals surface area contributed by atoms with Crippen LogP contribution in [-0.4, -0.2) is 26.1 Å². The molecule has 4 aromatic rings. The van der Waals surface area contributed by atoms with E-state index in [2.05, 4.69) is 20.8 Å². The van der Waals surface area contributed by atoms with E-state index in [4.69, 9.17) is 16.3 Å². The summed E-state index contributed by atoms with van der Waals surface area (Å²) in [6, 6.07) is 22.5. The molecule has 30 heavy (non-hydrogen) atoms. The Bertz CT molecular complexity index is 1130. The van der Waals surface area contributed by atoms with Crippen molar-refractivity contribution in [3.8, 4) is 11.4 Å². The predicted molar refractivity (Wildman–Crippen MR) is 113 cm³/mol. The first kappa shape index (κ1) is 19.6. The third-order valence-electron chi connectivity index (χ3n) is 4.39. The van der Waals surface area contributed by atoms with Gasteiger partial charge in [0.2, 0.25) is 0 Å². The van der Waals surface area contributed by atoms with E-state index in [0.29, 0.717) is 29.4 Å². The van der Waals surface area contributed by atoms with Crippen LogP contribution in [0.25, 0.3) is 5.69 Å². The van der Waals surface area contributed by atoms with Crippen molar-refractivity contribution in [1.82, 2.24) is 25.5 Å². The standard InChI is InChI=1S/C22H18ClN5O2/c23-18-9-10-21(28-15-25-26-27-28)20(12-18)22(29)24-13-16-5-4-6-17(11-16)14-30-19-7-2-1-3-8-19/h1-12,15H,13-14H2,(H,24,29). The quantitative estimate of drug-likeness (QED) is 0.492. The molecule has 4 rings (SSSR count). The lowest BCUT2D eigenvalue weighted by Gasteiger charge is -2.11. The highest BCUT2D eigenvalue weighted by atomic mass is 35.5. The molecule has 150 valence electrons. The van der Waals surface area contributed by atoms with Gasteiger partial charge < -0.3 is 10.1 Å². The van der Waals surface area contributed by atoms with Crippen molar-refractivity contribution >= 4 is 17.5 Å². The molecule has 0 spiro atoms. The number of nitrogens with zero attached hydrogens (tertiary/aromatic N) is 4. The maximum atomic E-state index is 12.8. The average Bonchev–Trinajstić information content (AvgIpc) is 3.32. The van der Waals surface area contributed by atoms with Crippen molar-refractivity contribution < 1.29 is 9.53 Å². The number of halogens is 1. The van der Waals surface area contributed by atoms with Crippen LogP contribution in [-0.2, 0) is 13.2 Å². The van der Waals surface area contributed by atoms with Crippen LogP contribution in [0.5, 0.6) is 5.75 Å². The SMILES string of the molecule is O=C(NCc1cccc(COc2ccccc2)c1)c1cc(Cl)ccc1-n1cnnn1. The molecule has 0 saturated heterocycles. The van der Waals surface area contributed by atoms with Gasteiger partial charge in [0.25, 0.3) is 5.91 Å². The summed E-state index contributed by atoms with van der Waals surface area (Å²) in [6.45, 7) is 0.809. The van der Waals surface area contributed by atoms with E-state index in [9.17, 15) is 4.79 Å². The molecule has 0 aliphatic carbocycles. The van der Waals surface area contributed by atoms with E-state index < -0.39 is 0 Å². The van der Waals surface area contributed by atoms with Gasteiger partial charge in [-0.3, -0.25) is 4.79 Å². The summed E-state index contributed by atoms with van der Waals surface area (Å²) in [5.41, 5.74) is 2.91. The number of rotatable bonds is 7. The zero-order chi connectivity index (χ0) is 20.8. The number of amides is 1. The van der Waals surface area contributed by atoms with Crippen LogP contribution in [0.3, 0.4) is 0 Å². The van der Waals surface area contributed by atoms with Crippen LogP contribution < -0.4 is 10.1 Å². The Morgan fingerprint density at radius 1 is 1.00 bits per heavy atom. The molecular formula is C22H18ClN5O2. The van der Waals surface area contributed by atoms with Gasteiger partial charge in [-0.05, 0) is 51.9 Å². The van der Waals surface area contributed by atoms with Crippen molar-refractivity contribution in [2.45, 2.75) is 13.2 Å². The summed E-state index contributed by atoms with van der Waals surface area (Å²) in [4.78, 5) is 12.8. The molecule has 1 aromatic heterocycles. The van der Waals surface area contributed by atoms with E-state index in [1.807, 2.05) is 54.6 Å². The maximum Gasteiger partial charge on any atom is 0.253 e. The zero-order valence-electron chi connectivity index (χ0n) is 15.9. The topological polar surface area (TPSA) is 81.9 Å². The van der Waals surface area contributed by atoms with Crippen LogP contribution in [0.2, 0.25) is 5.02 Å². The molecule has 0 atom stereocenters. The number of carbonyl (C=O) groups excluding carboxylic acids is 1. The smallest absolute Gasteiger partial charge is 0.253 e. The molecule has 0 radical (unpaired) electrons. The minimum atomic E-state index is -0.270. The van der Waals surface area contributed by atoms with Gasteiger partial charge in [-0.15, -0.1) is 5.10 Å². The fourth-order valence-electron chi connectivity index (χ4n) is 2.95. The van der Waals surface area contributed by atoms with Crippen molar-refractivity contribution in [1.29, 1.82) is 0 Å². The second-order valence-corrected chi connectivity index (χ2v) is 6.96. The first-order valence-corrected chi connectivity index (χ1v) is 9.63. The second kappa shape index (κ2) is 9.19. The van der Waals surface area contributed by atoms with Gasteiger partial charge in [-0.25, -0.2) is 0 Å². The normalized spacial score (nSPS) is 10.6. The third kappa shape index (κ3) is 4.82. The van der Waals surface area contributed by atoms with E-state index >= 15 is 0 Å². The molecule has 0 saturated carbocycles. The maximum absolute atomic E-state index is 12.8. The van der Waals surface area contributed by atoms with Crippen LogP contribution in [0.1, 0.15) is 21.5 Å². The van der Waals surface area contributed by atoms with Crippen molar-refractivity contribution in [2.24, 2.45) is 0 Å². The molecule has 1 heterocycles. The number of carbonyl (C=O) groups is 1. The summed E-state index contributed by atoms with van der Waals surface area (Å²) in [5, 5.41) is 14.5. The number of hydrogen-bond donors (Lipinski definition) is 1. The van der Waals surface area contributed by atoms with Gasteiger partial charge in [0.15, 0.2) is 0 Å². The Balaban J connectivity index is 1.43. The largest absolute Gasteiger partial charge is 0.489 e. The van der Waals surface area contributed by atoms with Gasteiger partial charge in [0, 0.05) is 11.6 Å². The van der Waals surface area contributed by atoms with Crippen molar-refractivity contribution in [3.63, 3.8) is 0 Å². The van der Waals surface area contributed by atoms with Gasteiger partial charge >= 0.3 is 0 Å². The number of aromatic nitrogens is 4. The second-order valence-electron chi connectivity index (χ2n) is 6.52. The molecule has 1 N–H and O–H groups in total. The Morgan fingerprint density at radius 3 is 2.63 bits per heavy atom. The van der Waals surface area contributed by atoms with Crippen molar-refractivity contribution in [3.05, 3.63) is 101 Å². The first-order valence-electron chi connectivity index (χ1n) is 9.26. The van der Waals surface area contributed by atoms with Gasteiger partial charge in [-0.2, -0.15) is 4.68 Å². The number of nitrogens with one attached hydrogen (secondary N) is 1. The van der Waals surface area contributed by atoms with E-state index in [0.717, 1.165) is 16.9 Å². The predicted octanol–water partition coefficient (Wildman–Crippen LogP) is 3.82. The highest BCUT2D eigenvalue weighted by Crippen LogP contribution is 2.19. The summed E-state index contributed by atoms with van der Waals surface area (Å²) < 4.78 is 7.21. The van der Waals surface area contributed by atoms with Crippen LogP contribution in [0.15, 0.2) is 79.1 Å². The Morgan fingerprint density at radius 2 is 1.83 bits per heavy atom. The summed E-state index contributed by atoms with van der Waals surface area (Å²) in [7, 11) is 0. The summed E-state index contributed by atoms with van der Waals surface area (Å²) >= 11 is 6.09. The van der Waals surface area contributed by atoms with Gasteiger partial charge in [0.05, 0.1) is 11.3 Å². The van der Waals surface area contributed by atoms with E-state index in [1.165, 1.54) is 11.0 Å². The lowest BCUT2D eigenvalue weighted by atomic mass is 10.1. The minimum absolute atomic E-state index is 0.270. The molecule has 0 aliphatic rings.